The smallest absolute Gasteiger partial charge is 0.303 e. The maximum atomic E-state index is 11.5. The molecule has 0 aromatic carbocycles. The molecule has 0 aromatic rings. The first-order chi connectivity index (χ1) is 8.95. The summed E-state index contributed by atoms with van der Waals surface area (Å²) in [5.41, 5.74) is 0. The molecule has 0 saturated carbocycles. The van der Waals surface area contributed by atoms with Crippen molar-refractivity contribution in [3.63, 3.8) is 0 Å². The molecule has 0 saturated heterocycles. The number of hydrogen-bond acceptors (Lipinski definition) is 3. The van der Waals surface area contributed by atoms with Crippen LogP contribution in [-0.2, 0) is 9.59 Å². The highest BCUT2D eigenvalue weighted by atomic mass is 16.4. The van der Waals surface area contributed by atoms with Crippen molar-refractivity contribution in [2.75, 3.05) is 13.1 Å². The van der Waals surface area contributed by atoms with E-state index in [2.05, 4.69) is 17.6 Å². The van der Waals surface area contributed by atoms with Gasteiger partial charge in [-0.1, -0.05) is 27.2 Å². The fraction of sp³-hybridized carbons (Fsp3) is 0.857. The molecule has 0 aliphatic carbocycles. The molecule has 19 heavy (non-hydrogen) atoms. The van der Waals surface area contributed by atoms with Crippen molar-refractivity contribution in [2.24, 2.45) is 5.92 Å². The average molecular weight is 272 g/mol. The summed E-state index contributed by atoms with van der Waals surface area (Å²) >= 11 is 0. The van der Waals surface area contributed by atoms with Crippen LogP contribution in [0.5, 0.6) is 0 Å². The number of aliphatic carboxylic acids is 1. The summed E-state index contributed by atoms with van der Waals surface area (Å²) in [6.45, 7) is 7.48. The first kappa shape index (κ1) is 17.9. The third-order valence-corrected chi connectivity index (χ3v) is 3.12. The number of rotatable bonds is 11. The molecule has 0 aliphatic rings. The summed E-state index contributed by atoms with van der Waals surface area (Å²) in [6.07, 6.45) is 3.21. The molecule has 112 valence electrons. The topological polar surface area (TPSA) is 78.4 Å². The molecule has 3 N–H and O–H groups in total. The van der Waals surface area contributed by atoms with Gasteiger partial charge in [-0.15, -0.1) is 0 Å². The number of carboxylic acid groups (broad SMARTS) is 1. The number of carboxylic acids is 1. The van der Waals surface area contributed by atoms with Crippen LogP contribution in [0.15, 0.2) is 0 Å². The van der Waals surface area contributed by atoms with Crippen LogP contribution in [0.1, 0.15) is 52.9 Å². The van der Waals surface area contributed by atoms with E-state index in [1.54, 1.807) is 0 Å². The van der Waals surface area contributed by atoms with Gasteiger partial charge in [0.05, 0.1) is 0 Å². The van der Waals surface area contributed by atoms with E-state index in [4.69, 9.17) is 5.11 Å². The van der Waals surface area contributed by atoms with E-state index in [9.17, 15) is 9.59 Å². The van der Waals surface area contributed by atoms with Gasteiger partial charge < -0.3 is 15.7 Å². The van der Waals surface area contributed by atoms with E-state index >= 15 is 0 Å². The molecule has 1 atom stereocenters. The molecule has 5 nitrogen and oxygen atoms in total. The first-order valence-electron chi connectivity index (χ1n) is 7.17. The summed E-state index contributed by atoms with van der Waals surface area (Å²) in [7, 11) is 0. The van der Waals surface area contributed by atoms with Crippen molar-refractivity contribution < 1.29 is 14.7 Å². The van der Waals surface area contributed by atoms with Gasteiger partial charge in [0.25, 0.3) is 0 Å². The van der Waals surface area contributed by atoms with Gasteiger partial charge in [0, 0.05) is 32.0 Å². The summed E-state index contributed by atoms with van der Waals surface area (Å²) in [5.74, 6) is -0.311. The fourth-order valence-corrected chi connectivity index (χ4v) is 1.86. The highest BCUT2D eigenvalue weighted by Crippen LogP contribution is 2.14. The lowest BCUT2D eigenvalue weighted by Gasteiger charge is -2.14. The van der Waals surface area contributed by atoms with Crippen LogP contribution in [0.2, 0.25) is 0 Å². The van der Waals surface area contributed by atoms with Gasteiger partial charge in [-0.3, -0.25) is 9.59 Å². The molecule has 0 spiro atoms. The molecule has 0 rings (SSSR count). The Balaban J connectivity index is 3.63. The van der Waals surface area contributed by atoms with Crippen molar-refractivity contribution in [1.82, 2.24) is 10.6 Å². The highest BCUT2D eigenvalue weighted by molar-refractivity contribution is 5.76. The summed E-state index contributed by atoms with van der Waals surface area (Å²) in [4.78, 5) is 22.0. The molecule has 0 aromatic heterocycles. The first-order valence-corrected chi connectivity index (χ1v) is 7.17. The zero-order valence-corrected chi connectivity index (χ0v) is 12.4. The summed E-state index contributed by atoms with van der Waals surface area (Å²) < 4.78 is 0. The lowest BCUT2D eigenvalue weighted by Crippen LogP contribution is -2.31. The Hall–Kier alpha value is -1.10. The molecular formula is C14H28N2O3. The van der Waals surface area contributed by atoms with Crippen LogP contribution >= 0.6 is 0 Å². The largest absolute Gasteiger partial charge is 0.481 e. The summed E-state index contributed by atoms with van der Waals surface area (Å²) in [5, 5.41) is 14.7. The second-order valence-corrected chi connectivity index (χ2v) is 5.20. The van der Waals surface area contributed by atoms with Gasteiger partial charge in [-0.2, -0.15) is 0 Å². The Morgan fingerprint density at radius 1 is 1.11 bits per heavy atom. The van der Waals surface area contributed by atoms with E-state index in [-0.39, 0.29) is 12.3 Å². The van der Waals surface area contributed by atoms with E-state index in [0.29, 0.717) is 37.9 Å². The van der Waals surface area contributed by atoms with Gasteiger partial charge >= 0.3 is 5.97 Å². The monoisotopic (exact) mass is 272 g/mol. The average Bonchev–Trinajstić information content (AvgIpc) is 2.32. The molecule has 0 bridgehead atoms. The minimum atomic E-state index is -0.748. The van der Waals surface area contributed by atoms with Crippen LogP contribution in [0.4, 0.5) is 0 Å². The Morgan fingerprint density at radius 2 is 1.79 bits per heavy atom. The number of hydrogen-bond donors (Lipinski definition) is 3. The normalized spacial score (nSPS) is 12.4. The molecule has 1 amide bonds. The number of carbonyl (C=O) groups excluding carboxylic acids is 1. The standard InChI is InChI=1S/C14H28N2O3/c1-4-12(5-6-14(18)19)7-9-16-13(17)8-10-15-11(2)3/h11-12,15H,4-10H2,1-3H3,(H,16,17)(H,18,19). The van der Waals surface area contributed by atoms with E-state index in [0.717, 1.165) is 12.8 Å². The Kier molecular flexibility index (Phi) is 10.2. The molecule has 0 aliphatic heterocycles. The van der Waals surface area contributed by atoms with Crippen molar-refractivity contribution in [2.45, 2.75) is 58.9 Å². The van der Waals surface area contributed by atoms with Crippen molar-refractivity contribution in [3.8, 4) is 0 Å². The van der Waals surface area contributed by atoms with Gasteiger partial charge in [0.2, 0.25) is 5.91 Å². The summed E-state index contributed by atoms with van der Waals surface area (Å²) in [6, 6.07) is 0.397. The number of amides is 1. The molecule has 0 radical (unpaired) electrons. The van der Waals surface area contributed by atoms with Crippen LogP contribution in [0, 0.1) is 5.92 Å². The van der Waals surface area contributed by atoms with E-state index < -0.39 is 5.97 Å². The molecular weight excluding hydrogens is 244 g/mol. The predicted molar refractivity (Wildman–Crippen MR) is 76.0 cm³/mol. The second kappa shape index (κ2) is 10.8. The highest BCUT2D eigenvalue weighted by Gasteiger charge is 2.09. The fourth-order valence-electron chi connectivity index (χ4n) is 1.86. The van der Waals surface area contributed by atoms with Gasteiger partial charge in [0.15, 0.2) is 0 Å². The number of carbonyl (C=O) groups is 2. The molecule has 5 heteroatoms. The Bertz CT molecular complexity index is 267. The Labute approximate surface area is 116 Å². The van der Waals surface area contributed by atoms with Crippen molar-refractivity contribution >= 4 is 11.9 Å². The van der Waals surface area contributed by atoms with Crippen LogP contribution in [0.25, 0.3) is 0 Å². The van der Waals surface area contributed by atoms with E-state index in [1.165, 1.54) is 0 Å². The van der Waals surface area contributed by atoms with Crippen molar-refractivity contribution in [3.05, 3.63) is 0 Å². The van der Waals surface area contributed by atoms with Gasteiger partial charge in [0.1, 0.15) is 0 Å². The van der Waals surface area contributed by atoms with Gasteiger partial charge in [-0.05, 0) is 18.8 Å². The number of nitrogens with one attached hydrogen (secondary N) is 2. The second-order valence-electron chi connectivity index (χ2n) is 5.20. The zero-order chi connectivity index (χ0) is 14.7. The maximum absolute atomic E-state index is 11.5. The zero-order valence-electron chi connectivity index (χ0n) is 12.4. The predicted octanol–water partition coefficient (Wildman–Crippen LogP) is 1.77. The lowest BCUT2D eigenvalue weighted by atomic mass is 9.96. The van der Waals surface area contributed by atoms with Gasteiger partial charge in [-0.25, -0.2) is 0 Å². The third-order valence-electron chi connectivity index (χ3n) is 3.12. The van der Waals surface area contributed by atoms with Crippen LogP contribution < -0.4 is 10.6 Å². The third kappa shape index (κ3) is 11.7. The van der Waals surface area contributed by atoms with Crippen LogP contribution in [0.3, 0.4) is 0 Å². The molecule has 0 heterocycles. The van der Waals surface area contributed by atoms with E-state index in [1.807, 2.05) is 13.8 Å². The van der Waals surface area contributed by atoms with Crippen LogP contribution in [-0.4, -0.2) is 36.1 Å². The molecule has 1 unspecified atom stereocenters. The SMILES string of the molecule is CCC(CCNC(=O)CCNC(C)C)CCC(=O)O. The Morgan fingerprint density at radius 3 is 2.32 bits per heavy atom. The quantitative estimate of drug-likeness (QED) is 0.535. The lowest BCUT2D eigenvalue weighted by molar-refractivity contribution is -0.137. The minimum Gasteiger partial charge on any atom is -0.481 e. The maximum Gasteiger partial charge on any atom is 0.303 e. The minimum absolute atomic E-state index is 0.0567. The molecule has 0 fully saturated rings. The van der Waals surface area contributed by atoms with Crippen molar-refractivity contribution in [1.29, 1.82) is 0 Å².